The Morgan fingerprint density at radius 2 is 1.67 bits per heavy atom. The zero-order valence-electron chi connectivity index (χ0n) is 10.0. The second-order valence-corrected chi connectivity index (χ2v) is 5.48. The number of hydrogen-bond acceptors (Lipinski definition) is 2. The van der Waals surface area contributed by atoms with Gasteiger partial charge in [-0.3, -0.25) is 4.79 Å². The molecule has 0 heterocycles. The molecule has 0 bridgehead atoms. The second-order valence-electron chi connectivity index (χ2n) is 4.00. The highest BCUT2D eigenvalue weighted by Gasteiger charge is 2.00. The van der Waals surface area contributed by atoms with E-state index in [1.165, 1.54) is 5.56 Å². The summed E-state index contributed by atoms with van der Waals surface area (Å²) in [5, 5.41) is 0.759. The molecule has 18 heavy (non-hydrogen) atoms. The van der Waals surface area contributed by atoms with Crippen LogP contribution in [-0.2, 0) is 5.75 Å². The van der Waals surface area contributed by atoms with Crippen LogP contribution in [0.4, 0.5) is 0 Å². The normalized spacial score (nSPS) is 10.3. The van der Waals surface area contributed by atoms with Crippen molar-refractivity contribution < 1.29 is 4.79 Å². The third-order valence-corrected chi connectivity index (χ3v) is 3.91. The van der Waals surface area contributed by atoms with E-state index in [1.807, 2.05) is 48.5 Å². The molecule has 0 saturated heterocycles. The van der Waals surface area contributed by atoms with Gasteiger partial charge in [0.25, 0.3) is 0 Å². The van der Waals surface area contributed by atoms with Crippen LogP contribution in [0.5, 0.6) is 0 Å². The first kappa shape index (κ1) is 13.2. The minimum atomic E-state index is 0.101. The first-order valence-corrected chi connectivity index (χ1v) is 7.00. The predicted octanol–water partition coefficient (Wildman–Crippen LogP) is 4.83. The fourth-order valence-electron chi connectivity index (χ4n) is 1.53. The Morgan fingerprint density at radius 3 is 2.22 bits per heavy atom. The average Bonchev–Trinajstić information content (AvgIpc) is 2.38. The van der Waals surface area contributed by atoms with Gasteiger partial charge in [-0.1, -0.05) is 35.9 Å². The highest BCUT2D eigenvalue weighted by molar-refractivity contribution is 7.98. The van der Waals surface area contributed by atoms with Crippen molar-refractivity contribution in [1.29, 1.82) is 0 Å². The zero-order valence-corrected chi connectivity index (χ0v) is 11.6. The summed E-state index contributed by atoms with van der Waals surface area (Å²) in [5.41, 5.74) is 1.99. The number of hydrogen-bond donors (Lipinski definition) is 0. The van der Waals surface area contributed by atoms with Crippen LogP contribution >= 0.6 is 23.4 Å². The van der Waals surface area contributed by atoms with E-state index in [1.54, 1.807) is 18.7 Å². The maximum atomic E-state index is 11.1. The van der Waals surface area contributed by atoms with Gasteiger partial charge in [0, 0.05) is 21.2 Å². The average molecular weight is 277 g/mol. The number of benzene rings is 2. The molecule has 0 radical (unpaired) electrons. The lowest BCUT2D eigenvalue weighted by Crippen LogP contribution is -1.90. The van der Waals surface area contributed by atoms with Crippen molar-refractivity contribution in [2.24, 2.45) is 0 Å². The Balaban J connectivity index is 1.97. The van der Waals surface area contributed by atoms with E-state index < -0.39 is 0 Å². The lowest BCUT2D eigenvalue weighted by molar-refractivity contribution is 0.101. The molecular weight excluding hydrogens is 264 g/mol. The zero-order chi connectivity index (χ0) is 13.0. The standard InChI is InChI=1S/C15H13ClOS/c1-11(17)13-4-8-15(9-5-13)18-10-12-2-6-14(16)7-3-12/h2-9H,10H2,1H3. The van der Waals surface area contributed by atoms with Crippen molar-refractivity contribution in [2.45, 2.75) is 17.6 Å². The number of Topliss-reactive ketones (excluding diaryl/α,β-unsaturated/α-hetero) is 1. The summed E-state index contributed by atoms with van der Waals surface area (Å²) >= 11 is 7.58. The Morgan fingerprint density at radius 1 is 1.06 bits per heavy atom. The molecule has 0 spiro atoms. The Kier molecular flexibility index (Phi) is 4.45. The molecule has 0 aliphatic carbocycles. The minimum absolute atomic E-state index is 0.101. The summed E-state index contributed by atoms with van der Waals surface area (Å²) in [7, 11) is 0. The lowest BCUT2D eigenvalue weighted by atomic mass is 10.2. The van der Waals surface area contributed by atoms with Gasteiger partial charge in [-0.15, -0.1) is 11.8 Å². The summed E-state index contributed by atoms with van der Waals surface area (Å²) in [4.78, 5) is 12.3. The van der Waals surface area contributed by atoms with E-state index in [0.29, 0.717) is 0 Å². The fourth-order valence-corrected chi connectivity index (χ4v) is 2.51. The third kappa shape index (κ3) is 3.62. The van der Waals surface area contributed by atoms with Gasteiger partial charge >= 0.3 is 0 Å². The van der Waals surface area contributed by atoms with Crippen molar-refractivity contribution in [2.75, 3.05) is 0 Å². The van der Waals surface area contributed by atoms with Gasteiger partial charge in [-0.05, 0) is 36.8 Å². The number of ketones is 1. The van der Waals surface area contributed by atoms with E-state index in [4.69, 9.17) is 11.6 Å². The molecule has 1 nitrogen and oxygen atoms in total. The largest absolute Gasteiger partial charge is 0.295 e. The van der Waals surface area contributed by atoms with E-state index in [-0.39, 0.29) is 5.78 Å². The van der Waals surface area contributed by atoms with Crippen LogP contribution in [0.25, 0.3) is 0 Å². The first-order valence-electron chi connectivity index (χ1n) is 5.63. The monoisotopic (exact) mass is 276 g/mol. The molecule has 3 heteroatoms. The molecule has 0 fully saturated rings. The quantitative estimate of drug-likeness (QED) is 0.587. The number of rotatable bonds is 4. The number of halogens is 1. The summed E-state index contributed by atoms with van der Waals surface area (Å²) in [5.74, 6) is 1.00. The molecule has 0 unspecified atom stereocenters. The van der Waals surface area contributed by atoms with Crippen LogP contribution in [0, 0.1) is 0 Å². The summed E-state index contributed by atoms with van der Waals surface area (Å²) in [6.07, 6.45) is 0. The molecule has 0 saturated carbocycles. The van der Waals surface area contributed by atoms with Crippen molar-refractivity contribution >= 4 is 29.1 Å². The summed E-state index contributed by atoms with van der Waals surface area (Å²) in [6, 6.07) is 15.6. The summed E-state index contributed by atoms with van der Waals surface area (Å²) in [6.45, 7) is 1.58. The molecule has 2 aromatic rings. The SMILES string of the molecule is CC(=O)c1ccc(SCc2ccc(Cl)cc2)cc1. The maximum absolute atomic E-state index is 11.1. The van der Waals surface area contributed by atoms with Crippen LogP contribution in [0.3, 0.4) is 0 Å². The molecule has 92 valence electrons. The van der Waals surface area contributed by atoms with Gasteiger partial charge in [0.05, 0.1) is 0 Å². The van der Waals surface area contributed by atoms with E-state index in [9.17, 15) is 4.79 Å². The van der Waals surface area contributed by atoms with E-state index in [0.717, 1.165) is 21.2 Å². The van der Waals surface area contributed by atoms with Gasteiger partial charge in [0.15, 0.2) is 5.78 Å². The Labute approximate surface area is 116 Å². The van der Waals surface area contributed by atoms with Crippen molar-refractivity contribution in [3.8, 4) is 0 Å². The molecule has 0 N–H and O–H groups in total. The van der Waals surface area contributed by atoms with E-state index in [2.05, 4.69) is 0 Å². The molecule has 0 amide bonds. The second kappa shape index (κ2) is 6.07. The molecule has 0 atom stereocenters. The molecule has 0 aliphatic rings. The predicted molar refractivity (Wildman–Crippen MR) is 77.5 cm³/mol. The van der Waals surface area contributed by atoms with Crippen LogP contribution in [0.2, 0.25) is 5.02 Å². The van der Waals surface area contributed by atoms with Crippen molar-refractivity contribution in [1.82, 2.24) is 0 Å². The minimum Gasteiger partial charge on any atom is -0.295 e. The topological polar surface area (TPSA) is 17.1 Å². The van der Waals surface area contributed by atoms with Gasteiger partial charge in [0.2, 0.25) is 0 Å². The molecular formula is C15H13ClOS. The highest BCUT2D eigenvalue weighted by atomic mass is 35.5. The number of carbonyl (C=O) groups excluding carboxylic acids is 1. The van der Waals surface area contributed by atoms with Crippen molar-refractivity contribution in [3.63, 3.8) is 0 Å². The van der Waals surface area contributed by atoms with Crippen LogP contribution in [0.1, 0.15) is 22.8 Å². The van der Waals surface area contributed by atoms with Gasteiger partial charge < -0.3 is 0 Å². The fraction of sp³-hybridized carbons (Fsp3) is 0.133. The third-order valence-electron chi connectivity index (χ3n) is 2.58. The summed E-state index contributed by atoms with van der Waals surface area (Å²) < 4.78 is 0. The van der Waals surface area contributed by atoms with Crippen LogP contribution in [0.15, 0.2) is 53.4 Å². The van der Waals surface area contributed by atoms with E-state index >= 15 is 0 Å². The number of thioether (sulfide) groups is 1. The first-order chi connectivity index (χ1) is 8.65. The van der Waals surface area contributed by atoms with Crippen LogP contribution in [-0.4, -0.2) is 5.78 Å². The molecule has 2 aromatic carbocycles. The van der Waals surface area contributed by atoms with Crippen molar-refractivity contribution in [3.05, 3.63) is 64.7 Å². The number of carbonyl (C=O) groups is 1. The molecule has 2 rings (SSSR count). The Bertz CT molecular complexity index is 531. The van der Waals surface area contributed by atoms with Gasteiger partial charge in [-0.2, -0.15) is 0 Å². The molecule has 0 aromatic heterocycles. The Hall–Kier alpha value is -1.25. The van der Waals surface area contributed by atoms with Gasteiger partial charge in [0.1, 0.15) is 0 Å². The van der Waals surface area contributed by atoms with Gasteiger partial charge in [-0.25, -0.2) is 0 Å². The van der Waals surface area contributed by atoms with Crippen LogP contribution < -0.4 is 0 Å². The highest BCUT2D eigenvalue weighted by Crippen LogP contribution is 2.23. The molecule has 0 aliphatic heterocycles. The lowest BCUT2D eigenvalue weighted by Gasteiger charge is -2.03. The maximum Gasteiger partial charge on any atom is 0.159 e. The smallest absolute Gasteiger partial charge is 0.159 e.